The molecule has 1 amide bonds. The molecule has 0 aliphatic rings. The Balaban J connectivity index is 1.68. The van der Waals surface area contributed by atoms with E-state index in [1.165, 1.54) is 24.3 Å². The van der Waals surface area contributed by atoms with Crippen molar-refractivity contribution in [1.82, 2.24) is 0 Å². The molecule has 0 bridgehead atoms. The lowest BCUT2D eigenvalue weighted by molar-refractivity contribution is -0.115. The second kappa shape index (κ2) is 7.04. The van der Waals surface area contributed by atoms with Gasteiger partial charge in [-0.2, -0.15) is 0 Å². The summed E-state index contributed by atoms with van der Waals surface area (Å²) in [6, 6.07) is 19.4. The van der Waals surface area contributed by atoms with Crippen molar-refractivity contribution in [1.29, 1.82) is 0 Å². The van der Waals surface area contributed by atoms with Gasteiger partial charge in [0.05, 0.1) is 6.42 Å². The zero-order chi connectivity index (χ0) is 16.9. The summed E-state index contributed by atoms with van der Waals surface area (Å²) in [5.74, 6) is -0.921. The average molecular weight is 323 g/mol. The van der Waals surface area contributed by atoms with Crippen molar-refractivity contribution < 1.29 is 13.6 Å². The molecule has 4 heteroatoms. The fourth-order valence-corrected chi connectivity index (χ4v) is 2.45. The number of rotatable bonds is 4. The summed E-state index contributed by atoms with van der Waals surface area (Å²) in [5.41, 5.74) is 2.49. The molecule has 0 aromatic heterocycles. The Hall–Kier alpha value is -3.01. The lowest BCUT2D eigenvalue weighted by atomic mass is 10.0. The molecule has 0 atom stereocenters. The van der Waals surface area contributed by atoms with Gasteiger partial charge in [-0.05, 0) is 35.4 Å². The summed E-state index contributed by atoms with van der Waals surface area (Å²) in [4.78, 5) is 12.0. The standard InChI is InChI=1S/C20H15F2NO/c21-16-4-3-5-17(13-16)23-20(24)12-14-8-10-15(11-9-14)18-6-1-2-7-19(18)22/h1-11,13H,12H2,(H,23,24). The SMILES string of the molecule is O=C(Cc1ccc(-c2ccccc2F)cc1)Nc1cccc(F)c1. The Morgan fingerprint density at radius 3 is 2.33 bits per heavy atom. The van der Waals surface area contributed by atoms with E-state index in [-0.39, 0.29) is 18.1 Å². The minimum absolute atomic E-state index is 0.161. The fraction of sp³-hybridized carbons (Fsp3) is 0.0500. The van der Waals surface area contributed by atoms with Crippen LogP contribution in [0.3, 0.4) is 0 Å². The molecule has 0 radical (unpaired) electrons. The van der Waals surface area contributed by atoms with E-state index < -0.39 is 5.82 Å². The van der Waals surface area contributed by atoms with Gasteiger partial charge >= 0.3 is 0 Å². The van der Waals surface area contributed by atoms with E-state index in [0.29, 0.717) is 11.3 Å². The molecule has 24 heavy (non-hydrogen) atoms. The highest BCUT2D eigenvalue weighted by atomic mass is 19.1. The zero-order valence-corrected chi connectivity index (χ0v) is 12.8. The highest BCUT2D eigenvalue weighted by Gasteiger charge is 2.07. The lowest BCUT2D eigenvalue weighted by Crippen LogP contribution is -2.14. The maximum Gasteiger partial charge on any atom is 0.228 e. The molecule has 0 heterocycles. The number of halogens is 2. The Morgan fingerprint density at radius 2 is 1.62 bits per heavy atom. The minimum Gasteiger partial charge on any atom is -0.326 e. The molecule has 0 saturated carbocycles. The van der Waals surface area contributed by atoms with Crippen molar-refractivity contribution in [3.63, 3.8) is 0 Å². The van der Waals surface area contributed by atoms with Gasteiger partial charge in [-0.3, -0.25) is 4.79 Å². The van der Waals surface area contributed by atoms with Crippen LogP contribution in [0.2, 0.25) is 0 Å². The first-order valence-electron chi connectivity index (χ1n) is 7.51. The number of hydrogen-bond donors (Lipinski definition) is 1. The Labute approximate surface area is 138 Å². The van der Waals surface area contributed by atoms with Gasteiger partial charge in [0.1, 0.15) is 11.6 Å². The van der Waals surface area contributed by atoms with Gasteiger partial charge in [0, 0.05) is 11.3 Å². The third-order valence-corrected chi connectivity index (χ3v) is 3.61. The van der Waals surface area contributed by atoms with Crippen LogP contribution in [0, 0.1) is 11.6 Å². The quantitative estimate of drug-likeness (QED) is 0.733. The Kier molecular flexibility index (Phi) is 4.66. The van der Waals surface area contributed by atoms with E-state index in [2.05, 4.69) is 5.32 Å². The molecule has 0 fully saturated rings. The molecule has 1 N–H and O–H groups in total. The van der Waals surface area contributed by atoms with Crippen LogP contribution in [0.15, 0.2) is 72.8 Å². The summed E-state index contributed by atoms with van der Waals surface area (Å²) in [6.45, 7) is 0. The second-order valence-electron chi connectivity index (χ2n) is 5.41. The van der Waals surface area contributed by atoms with Crippen molar-refractivity contribution in [3.05, 3.63) is 90.0 Å². The van der Waals surface area contributed by atoms with E-state index in [4.69, 9.17) is 0 Å². The summed E-state index contributed by atoms with van der Waals surface area (Å²) < 4.78 is 26.9. The first-order chi connectivity index (χ1) is 11.6. The van der Waals surface area contributed by atoms with Gasteiger partial charge in [-0.25, -0.2) is 8.78 Å². The number of carbonyl (C=O) groups is 1. The number of amides is 1. The minimum atomic E-state index is -0.401. The van der Waals surface area contributed by atoms with E-state index in [9.17, 15) is 13.6 Å². The van der Waals surface area contributed by atoms with Crippen LogP contribution in [0.4, 0.5) is 14.5 Å². The van der Waals surface area contributed by atoms with Crippen molar-refractivity contribution in [3.8, 4) is 11.1 Å². The third-order valence-electron chi connectivity index (χ3n) is 3.61. The summed E-state index contributed by atoms with van der Waals surface area (Å²) in [5, 5.41) is 2.65. The van der Waals surface area contributed by atoms with Crippen LogP contribution in [-0.4, -0.2) is 5.91 Å². The topological polar surface area (TPSA) is 29.1 Å². The molecule has 0 aliphatic heterocycles. The highest BCUT2D eigenvalue weighted by Crippen LogP contribution is 2.23. The first-order valence-corrected chi connectivity index (χ1v) is 7.51. The normalized spacial score (nSPS) is 10.4. The van der Waals surface area contributed by atoms with E-state index >= 15 is 0 Å². The van der Waals surface area contributed by atoms with Gasteiger partial charge in [0.15, 0.2) is 0 Å². The zero-order valence-electron chi connectivity index (χ0n) is 12.8. The molecule has 3 aromatic rings. The van der Waals surface area contributed by atoms with Gasteiger partial charge in [-0.15, -0.1) is 0 Å². The third kappa shape index (κ3) is 3.84. The van der Waals surface area contributed by atoms with Gasteiger partial charge < -0.3 is 5.32 Å². The van der Waals surface area contributed by atoms with Crippen LogP contribution < -0.4 is 5.32 Å². The van der Waals surface area contributed by atoms with Crippen LogP contribution in [-0.2, 0) is 11.2 Å². The maximum absolute atomic E-state index is 13.8. The molecule has 0 spiro atoms. The summed E-state index contributed by atoms with van der Waals surface area (Å²) >= 11 is 0. The second-order valence-corrected chi connectivity index (χ2v) is 5.41. The summed E-state index contributed by atoms with van der Waals surface area (Å²) in [6.07, 6.45) is 0.161. The lowest BCUT2D eigenvalue weighted by Gasteiger charge is -2.07. The number of benzene rings is 3. The highest BCUT2D eigenvalue weighted by molar-refractivity contribution is 5.92. The molecule has 120 valence electrons. The average Bonchev–Trinajstić information content (AvgIpc) is 2.56. The van der Waals surface area contributed by atoms with Crippen molar-refractivity contribution in [2.45, 2.75) is 6.42 Å². The van der Waals surface area contributed by atoms with E-state index in [0.717, 1.165) is 11.1 Å². The molecule has 0 unspecified atom stereocenters. The van der Waals surface area contributed by atoms with E-state index in [1.807, 2.05) is 0 Å². The number of anilines is 1. The predicted octanol–water partition coefficient (Wildman–Crippen LogP) is 4.81. The Bertz CT molecular complexity index is 860. The van der Waals surface area contributed by atoms with Gasteiger partial charge in [-0.1, -0.05) is 48.5 Å². The fourth-order valence-electron chi connectivity index (χ4n) is 2.45. The first kappa shape index (κ1) is 15.9. The number of carbonyl (C=O) groups excluding carboxylic acids is 1. The van der Waals surface area contributed by atoms with Crippen molar-refractivity contribution in [2.24, 2.45) is 0 Å². The maximum atomic E-state index is 13.8. The van der Waals surface area contributed by atoms with E-state index in [1.54, 1.807) is 48.5 Å². The number of hydrogen-bond acceptors (Lipinski definition) is 1. The molecule has 3 aromatic carbocycles. The number of nitrogens with one attached hydrogen (secondary N) is 1. The molecule has 0 aliphatic carbocycles. The van der Waals surface area contributed by atoms with Crippen molar-refractivity contribution >= 4 is 11.6 Å². The molecule has 2 nitrogen and oxygen atoms in total. The monoisotopic (exact) mass is 323 g/mol. The molecule has 0 saturated heterocycles. The van der Waals surface area contributed by atoms with Crippen molar-refractivity contribution in [2.75, 3.05) is 5.32 Å². The molecular weight excluding hydrogens is 308 g/mol. The van der Waals surface area contributed by atoms with Gasteiger partial charge in [0.25, 0.3) is 0 Å². The van der Waals surface area contributed by atoms with Crippen LogP contribution >= 0.6 is 0 Å². The molecule has 3 rings (SSSR count). The Morgan fingerprint density at radius 1 is 0.875 bits per heavy atom. The van der Waals surface area contributed by atoms with Gasteiger partial charge in [0.2, 0.25) is 5.91 Å². The largest absolute Gasteiger partial charge is 0.326 e. The summed E-state index contributed by atoms with van der Waals surface area (Å²) in [7, 11) is 0. The van der Waals surface area contributed by atoms with Crippen LogP contribution in [0.5, 0.6) is 0 Å². The van der Waals surface area contributed by atoms with Crippen LogP contribution in [0.1, 0.15) is 5.56 Å². The smallest absolute Gasteiger partial charge is 0.228 e. The van der Waals surface area contributed by atoms with Crippen LogP contribution in [0.25, 0.3) is 11.1 Å². The predicted molar refractivity (Wildman–Crippen MR) is 90.6 cm³/mol. The molecular formula is C20H15F2NO.